The van der Waals surface area contributed by atoms with Crippen LogP contribution in [0.3, 0.4) is 0 Å². The van der Waals surface area contributed by atoms with Gasteiger partial charge in [-0.3, -0.25) is 4.99 Å². The first-order valence-electron chi connectivity index (χ1n) is 7.11. The van der Waals surface area contributed by atoms with Crippen LogP contribution in [0.25, 0.3) is 0 Å². The molecule has 0 bridgehead atoms. The van der Waals surface area contributed by atoms with Gasteiger partial charge in [0.1, 0.15) is 0 Å². The van der Waals surface area contributed by atoms with Crippen molar-refractivity contribution < 1.29 is 0 Å². The third kappa shape index (κ3) is 7.50. The highest BCUT2D eigenvalue weighted by atomic mass is 127. The SMILES string of the molecule is CN=C(NCCSc1ccc(Cl)cc1)NCc1ccn(C)c1.I. The molecule has 0 spiro atoms. The molecule has 0 unspecified atom stereocenters. The Morgan fingerprint density at radius 2 is 1.96 bits per heavy atom. The Bertz CT molecular complexity index is 613. The van der Waals surface area contributed by atoms with Crippen LogP contribution in [0.2, 0.25) is 5.02 Å². The maximum Gasteiger partial charge on any atom is 0.191 e. The first-order valence-corrected chi connectivity index (χ1v) is 8.47. The first kappa shape index (κ1) is 20.2. The fraction of sp³-hybridized carbons (Fsp3) is 0.312. The summed E-state index contributed by atoms with van der Waals surface area (Å²) < 4.78 is 2.04. The van der Waals surface area contributed by atoms with Crippen LogP contribution in [0.5, 0.6) is 0 Å². The Balaban J connectivity index is 0.00000264. The number of guanidine groups is 1. The molecule has 23 heavy (non-hydrogen) atoms. The van der Waals surface area contributed by atoms with Crippen LogP contribution in [0, 0.1) is 0 Å². The lowest BCUT2D eigenvalue weighted by Crippen LogP contribution is -2.37. The zero-order valence-electron chi connectivity index (χ0n) is 13.3. The fourth-order valence-corrected chi connectivity index (χ4v) is 2.84. The van der Waals surface area contributed by atoms with E-state index in [1.165, 1.54) is 10.5 Å². The molecule has 0 aliphatic carbocycles. The number of hydrogen-bond acceptors (Lipinski definition) is 2. The highest BCUT2D eigenvalue weighted by molar-refractivity contribution is 14.0. The van der Waals surface area contributed by atoms with Crippen molar-refractivity contribution in [2.45, 2.75) is 11.4 Å². The lowest BCUT2D eigenvalue weighted by Gasteiger charge is -2.11. The second-order valence-corrected chi connectivity index (χ2v) is 6.44. The molecule has 0 amide bonds. The molecule has 1 aromatic carbocycles. The van der Waals surface area contributed by atoms with E-state index >= 15 is 0 Å². The van der Waals surface area contributed by atoms with Crippen molar-refractivity contribution in [2.75, 3.05) is 19.3 Å². The summed E-state index contributed by atoms with van der Waals surface area (Å²) in [7, 11) is 3.80. The van der Waals surface area contributed by atoms with Crippen LogP contribution in [0.15, 0.2) is 52.6 Å². The van der Waals surface area contributed by atoms with Crippen molar-refractivity contribution in [3.8, 4) is 0 Å². The summed E-state index contributed by atoms with van der Waals surface area (Å²) in [6.07, 6.45) is 4.13. The molecule has 1 heterocycles. The molecule has 1 aromatic heterocycles. The number of nitrogens with zero attached hydrogens (tertiary/aromatic N) is 2. The van der Waals surface area contributed by atoms with Crippen molar-refractivity contribution in [3.63, 3.8) is 0 Å². The van der Waals surface area contributed by atoms with E-state index < -0.39 is 0 Å². The average molecular weight is 465 g/mol. The van der Waals surface area contributed by atoms with Crippen molar-refractivity contribution in [1.82, 2.24) is 15.2 Å². The zero-order chi connectivity index (χ0) is 15.8. The van der Waals surface area contributed by atoms with Crippen molar-refractivity contribution in [3.05, 3.63) is 53.3 Å². The number of aliphatic imine (C=N–C) groups is 1. The van der Waals surface area contributed by atoms with Gasteiger partial charge in [0.2, 0.25) is 0 Å². The molecule has 0 radical (unpaired) electrons. The molecule has 0 aliphatic heterocycles. The van der Waals surface area contributed by atoms with Crippen LogP contribution in [-0.4, -0.2) is 29.9 Å². The average Bonchev–Trinajstić information content (AvgIpc) is 2.94. The van der Waals surface area contributed by atoms with E-state index in [0.29, 0.717) is 0 Å². The minimum absolute atomic E-state index is 0. The summed E-state index contributed by atoms with van der Waals surface area (Å²) in [6.45, 7) is 1.62. The molecule has 0 fully saturated rings. The van der Waals surface area contributed by atoms with Gasteiger partial charge in [-0.2, -0.15) is 0 Å². The third-order valence-corrected chi connectivity index (χ3v) is 4.32. The van der Waals surface area contributed by atoms with Crippen molar-refractivity contribution >= 4 is 53.3 Å². The number of aryl methyl sites for hydroxylation is 1. The number of thioether (sulfide) groups is 1. The number of benzene rings is 1. The summed E-state index contributed by atoms with van der Waals surface area (Å²) in [6, 6.07) is 10.00. The normalized spacial score (nSPS) is 11.0. The number of halogens is 2. The third-order valence-electron chi connectivity index (χ3n) is 3.05. The molecular formula is C16H22ClIN4S. The quantitative estimate of drug-likeness (QED) is 0.225. The van der Waals surface area contributed by atoms with Gasteiger partial charge in [0, 0.05) is 55.2 Å². The van der Waals surface area contributed by atoms with Gasteiger partial charge < -0.3 is 15.2 Å². The summed E-state index contributed by atoms with van der Waals surface area (Å²) >= 11 is 7.67. The number of rotatable bonds is 6. The van der Waals surface area contributed by atoms with E-state index in [-0.39, 0.29) is 24.0 Å². The topological polar surface area (TPSA) is 41.4 Å². The molecule has 126 valence electrons. The van der Waals surface area contributed by atoms with Gasteiger partial charge in [0.05, 0.1) is 0 Å². The molecular weight excluding hydrogens is 443 g/mol. The summed E-state index contributed by atoms with van der Waals surface area (Å²) in [4.78, 5) is 5.45. The summed E-state index contributed by atoms with van der Waals surface area (Å²) in [5, 5.41) is 7.39. The Labute approximate surface area is 164 Å². The molecule has 0 saturated carbocycles. The second kappa shape index (κ2) is 10.8. The first-order chi connectivity index (χ1) is 10.7. The van der Waals surface area contributed by atoms with Crippen LogP contribution in [0.1, 0.15) is 5.56 Å². The monoisotopic (exact) mass is 464 g/mol. The molecule has 4 nitrogen and oxygen atoms in total. The molecule has 2 N–H and O–H groups in total. The predicted molar refractivity (Wildman–Crippen MR) is 111 cm³/mol. The lowest BCUT2D eigenvalue weighted by atomic mass is 10.3. The number of hydrogen-bond donors (Lipinski definition) is 2. The Morgan fingerprint density at radius 3 is 2.57 bits per heavy atom. The van der Waals surface area contributed by atoms with Gasteiger partial charge in [0.25, 0.3) is 0 Å². The van der Waals surface area contributed by atoms with Gasteiger partial charge in [-0.05, 0) is 35.9 Å². The fourth-order valence-electron chi connectivity index (χ4n) is 1.94. The molecule has 2 aromatic rings. The summed E-state index contributed by atoms with van der Waals surface area (Å²) in [5.74, 6) is 1.79. The zero-order valence-corrected chi connectivity index (χ0v) is 17.2. The number of nitrogens with one attached hydrogen (secondary N) is 2. The smallest absolute Gasteiger partial charge is 0.191 e. The minimum atomic E-state index is 0. The minimum Gasteiger partial charge on any atom is -0.357 e. The highest BCUT2D eigenvalue weighted by Crippen LogP contribution is 2.19. The standard InChI is InChI=1S/C16H21ClN4S.HI/c1-18-16(20-11-13-7-9-21(2)12-13)19-8-10-22-15-5-3-14(17)4-6-15;/h3-7,9,12H,8,10-11H2,1-2H3,(H2,18,19,20);1H. The maximum absolute atomic E-state index is 5.87. The molecule has 7 heteroatoms. The van der Waals surface area contributed by atoms with Gasteiger partial charge >= 0.3 is 0 Å². The maximum atomic E-state index is 5.87. The molecule has 0 saturated heterocycles. The van der Waals surface area contributed by atoms with Crippen LogP contribution in [-0.2, 0) is 13.6 Å². The van der Waals surface area contributed by atoms with Crippen molar-refractivity contribution in [1.29, 1.82) is 0 Å². The Morgan fingerprint density at radius 1 is 1.22 bits per heavy atom. The largest absolute Gasteiger partial charge is 0.357 e. The second-order valence-electron chi connectivity index (χ2n) is 4.84. The van der Waals surface area contributed by atoms with E-state index in [0.717, 1.165) is 29.8 Å². The van der Waals surface area contributed by atoms with Gasteiger partial charge in [0.15, 0.2) is 5.96 Å². The molecule has 0 atom stereocenters. The summed E-state index contributed by atoms with van der Waals surface area (Å²) in [5.41, 5.74) is 1.24. The van der Waals surface area contributed by atoms with Gasteiger partial charge in [-0.25, -0.2) is 0 Å². The van der Waals surface area contributed by atoms with E-state index in [2.05, 4.69) is 27.9 Å². The van der Waals surface area contributed by atoms with E-state index in [4.69, 9.17) is 11.6 Å². The molecule has 0 aliphatic rings. The van der Waals surface area contributed by atoms with E-state index in [1.807, 2.05) is 42.1 Å². The Hall–Kier alpha value is -0.860. The van der Waals surface area contributed by atoms with Crippen LogP contribution >= 0.6 is 47.3 Å². The van der Waals surface area contributed by atoms with Gasteiger partial charge in [-0.15, -0.1) is 35.7 Å². The van der Waals surface area contributed by atoms with Crippen molar-refractivity contribution in [2.24, 2.45) is 12.0 Å². The molecule has 2 rings (SSSR count). The van der Waals surface area contributed by atoms with E-state index in [9.17, 15) is 0 Å². The van der Waals surface area contributed by atoms with Gasteiger partial charge in [-0.1, -0.05) is 11.6 Å². The predicted octanol–water partition coefficient (Wildman–Crippen LogP) is 3.75. The Kier molecular flexibility index (Phi) is 9.50. The highest BCUT2D eigenvalue weighted by Gasteiger charge is 2.00. The lowest BCUT2D eigenvalue weighted by molar-refractivity contribution is 0.827. The number of aromatic nitrogens is 1. The van der Waals surface area contributed by atoms with Crippen LogP contribution < -0.4 is 10.6 Å². The van der Waals surface area contributed by atoms with Crippen LogP contribution in [0.4, 0.5) is 0 Å². The van der Waals surface area contributed by atoms with E-state index in [1.54, 1.807) is 18.8 Å².